The van der Waals surface area contributed by atoms with Crippen molar-refractivity contribution in [3.8, 4) is 34.0 Å². The zero-order chi connectivity index (χ0) is 19.6. The minimum atomic E-state index is -4.74. The maximum absolute atomic E-state index is 13.7. The molecule has 5 nitrogen and oxygen atoms in total. The summed E-state index contributed by atoms with van der Waals surface area (Å²) in [5.74, 6) is 0.603. The number of hydrogen-bond donors (Lipinski definition) is 1. The van der Waals surface area contributed by atoms with Crippen LogP contribution in [0.4, 0.5) is 13.2 Å². The van der Waals surface area contributed by atoms with Gasteiger partial charge in [0, 0.05) is 11.1 Å². The van der Waals surface area contributed by atoms with Gasteiger partial charge in [0.15, 0.2) is 0 Å². The summed E-state index contributed by atoms with van der Waals surface area (Å²) in [5, 5.41) is 9.45. The Hall–Kier alpha value is -3.00. The summed E-state index contributed by atoms with van der Waals surface area (Å²) in [7, 11) is 2.97. The molecule has 0 amide bonds. The van der Waals surface area contributed by atoms with Gasteiger partial charge in [-0.05, 0) is 48.5 Å². The van der Waals surface area contributed by atoms with Gasteiger partial charge in [-0.2, -0.15) is 0 Å². The van der Waals surface area contributed by atoms with Crippen molar-refractivity contribution in [3.63, 3.8) is 0 Å². The van der Waals surface area contributed by atoms with E-state index in [0.29, 0.717) is 22.6 Å². The predicted molar refractivity (Wildman–Crippen MR) is 93.4 cm³/mol. The highest BCUT2D eigenvalue weighted by Crippen LogP contribution is 2.39. The predicted octanol–water partition coefficient (Wildman–Crippen LogP) is 4.20. The molecule has 3 rings (SSSR count). The summed E-state index contributed by atoms with van der Waals surface area (Å²) in [4.78, 5) is 4.06. The van der Waals surface area contributed by atoms with Crippen molar-refractivity contribution in [2.45, 2.75) is 12.9 Å². The molecule has 0 atom stereocenters. The van der Waals surface area contributed by atoms with E-state index in [-0.39, 0.29) is 16.0 Å². The molecule has 0 saturated heterocycles. The van der Waals surface area contributed by atoms with E-state index >= 15 is 0 Å². The zero-order valence-electron chi connectivity index (χ0n) is 14.6. The first kappa shape index (κ1) is 18.8. The molecular formula is C19H17F3N2O3. The summed E-state index contributed by atoms with van der Waals surface area (Å²) >= 11 is 0. The first-order chi connectivity index (χ1) is 12.9. The fraction of sp³-hybridized carbons (Fsp3) is 0.211. The van der Waals surface area contributed by atoms with E-state index in [9.17, 15) is 18.3 Å². The van der Waals surface area contributed by atoms with Gasteiger partial charge < -0.3 is 14.6 Å². The second-order valence-electron chi connectivity index (χ2n) is 5.64. The maximum Gasteiger partial charge on any atom is 0.490 e. The van der Waals surface area contributed by atoms with Crippen LogP contribution in [0.3, 0.4) is 0 Å². The van der Waals surface area contributed by atoms with Gasteiger partial charge in [0.2, 0.25) is 0 Å². The van der Waals surface area contributed by atoms with Gasteiger partial charge in [-0.3, -0.25) is 0 Å². The molecule has 1 heterocycles. The summed E-state index contributed by atoms with van der Waals surface area (Å²) in [6.07, 6.45) is -4.74. The van der Waals surface area contributed by atoms with Crippen LogP contribution in [-0.4, -0.2) is 28.9 Å². The third-order valence-corrected chi connectivity index (χ3v) is 4.07. The Morgan fingerprint density at radius 1 is 0.889 bits per heavy atom. The lowest BCUT2D eigenvalue weighted by Crippen LogP contribution is -2.20. The summed E-state index contributed by atoms with van der Waals surface area (Å²) < 4.78 is 51.5. The lowest BCUT2D eigenvalue weighted by atomic mass is 10.0. The van der Waals surface area contributed by atoms with Crippen LogP contribution in [0.2, 0.25) is 0 Å². The number of rotatable bonds is 5. The number of imidazole rings is 1. The topological polar surface area (TPSA) is 56.5 Å². The average molecular weight is 378 g/mol. The Labute approximate surface area is 153 Å². The van der Waals surface area contributed by atoms with Crippen LogP contribution < -0.4 is 9.47 Å². The smallest absolute Gasteiger partial charge is 0.490 e. The second-order valence-corrected chi connectivity index (χ2v) is 5.64. The molecule has 0 fully saturated rings. The number of aliphatic hydroxyl groups excluding tert-OH is 1. The van der Waals surface area contributed by atoms with E-state index in [1.165, 1.54) is 26.4 Å². The molecule has 0 aliphatic heterocycles. The molecule has 0 bridgehead atoms. The molecule has 1 N–H and O–H groups in total. The van der Waals surface area contributed by atoms with Crippen molar-refractivity contribution in [1.29, 1.82) is 0 Å². The van der Waals surface area contributed by atoms with E-state index < -0.39 is 18.7 Å². The largest absolute Gasteiger partial charge is 0.497 e. The van der Waals surface area contributed by atoms with E-state index in [4.69, 9.17) is 9.47 Å². The van der Waals surface area contributed by atoms with Gasteiger partial charge >= 0.3 is 6.30 Å². The molecule has 0 aliphatic rings. The Morgan fingerprint density at radius 2 is 1.37 bits per heavy atom. The Kier molecular flexibility index (Phi) is 5.09. The highest BCUT2D eigenvalue weighted by atomic mass is 19.4. The lowest BCUT2D eigenvalue weighted by Gasteiger charge is -2.15. The minimum absolute atomic E-state index is 0.106. The molecule has 0 unspecified atom stereocenters. The number of hydrogen-bond acceptors (Lipinski definition) is 4. The van der Waals surface area contributed by atoms with Crippen molar-refractivity contribution in [2.24, 2.45) is 0 Å². The van der Waals surface area contributed by atoms with E-state index in [2.05, 4.69) is 4.98 Å². The molecule has 2 aromatic carbocycles. The Morgan fingerprint density at radius 3 is 1.78 bits per heavy atom. The minimum Gasteiger partial charge on any atom is -0.497 e. The first-order valence-electron chi connectivity index (χ1n) is 7.97. The normalized spacial score (nSPS) is 11.5. The van der Waals surface area contributed by atoms with Gasteiger partial charge in [-0.1, -0.05) is 0 Å². The van der Waals surface area contributed by atoms with Gasteiger partial charge in [0.05, 0.1) is 25.6 Å². The SMILES string of the molecule is COc1ccc(-c2nc(CO)n(C(F)(F)F)c2-c2ccc(OC)cc2)cc1. The van der Waals surface area contributed by atoms with E-state index in [1.54, 1.807) is 36.4 Å². The number of ether oxygens (including phenoxy) is 2. The van der Waals surface area contributed by atoms with E-state index in [0.717, 1.165) is 0 Å². The highest BCUT2D eigenvalue weighted by molar-refractivity contribution is 5.79. The monoisotopic (exact) mass is 378 g/mol. The highest BCUT2D eigenvalue weighted by Gasteiger charge is 2.38. The number of benzene rings is 2. The third kappa shape index (κ3) is 3.61. The summed E-state index contributed by atoms with van der Waals surface area (Å²) in [5.41, 5.74) is 0.731. The van der Waals surface area contributed by atoms with Gasteiger partial charge in [0.25, 0.3) is 0 Å². The van der Waals surface area contributed by atoms with Crippen LogP contribution in [-0.2, 0) is 12.9 Å². The Bertz CT molecular complexity index is 917. The maximum atomic E-state index is 13.7. The molecule has 3 aromatic rings. The van der Waals surface area contributed by atoms with E-state index in [1.807, 2.05) is 0 Å². The number of methoxy groups -OCH3 is 2. The number of alkyl halides is 3. The van der Waals surface area contributed by atoms with Crippen molar-refractivity contribution in [2.75, 3.05) is 14.2 Å². The fourth-order valence-corrected chi connectivity index (χ4v) is 2.81. The van der Waals surface area contributed by atoms with Gasteiger partial charge in [-0.15, -0.1) is 13.2 Å². The van der Waals surface area contributed by atoms with Crippen molar-refractivity contribution < 1.29 is 27.8 Å². The third-order valence-electron chi connectivity index (χ3n) is 4.07. The zero-order valence-corrected chi connectivity index (χ0v) is 14.6. The van der Waals surface area contributed by atoms with Crippen LogP contribution in [0.15, 0.2) is 48.5 Å². The van der Waals surface area contributed by atoms with Crippen LogP contribution in [0.5, 0.6) is 11.5 Å². The molecule has 0 spiro atoms. The second kappa shape index (κ2) is 7.32. The molecule has 27 heavy (non-hydrogen) atoms. The number of aliphatic hydroxyl groups is 1. The average Bonchev–Trinajstić information content (AvgIpc) is 3.08. The summed E-state index contributed by atoms with van der Waals surface area (Å²) in [6.45, 7) is -0.848. The van der Waals surface area contributed by atoms with Crippen LogP contribution in [0.25, 0.3) is 22.5 Å². The van der Waals surface area contributed by atoms with Gasteiger partial charge in [-0.25, -0.2) is 9.55 Å². The standard InChI is InChI=1S/C19H17F3N2O3/c1-26-14-7-3-12(4-8-14)17-18(13-5-9-15(27-2)10-6-13)24(19(20,21)22)16(11-25)23-17/h3-10,25H,11H2,1-2H3. The fourth-order valence-electron chi connectivity index (χ4n) is 2.81. The molecule has 0 radical (unpaired) electrons. The quantitative estimate of drug-likeness (QED) is 0.723. The van der Waals surface area contributed by atoms with Crippen LogP contribution >= 0.6 is 0 Å². The molecule has 8 heteroatoms. The molecular weight excluding hydrogens is 361 g/mol. The Balaban J connectivity index is 2.26. The van der Waals surface area contributed by atoms with Gasteiger partial charge in [0.1, 0.15) is 23.9 Å². The first-order valence-corrected chi connectivity index (χ1v) is 7.97. The number of aromatic nitrogens is 2. The van der Waals surface area contributed by atoms with Crippen molar-refractivity contribution in [3.05, 3.63) is 54.4 Å². The molecule has 0 aliphatic carbocycles. The number of nitrogens with zero attached hydrogens (tertiary/aromatic N) is 2. The molecule has 0 saturated carbocycles. The van der Waals surface area contributed by atoms with Crippen molar-refractivity contribution >= 4 is 0 Å². The number of halogens is 3. The lowest BCUT2D eigenvalue weighted by molar-refractivity contribution is -0.205. The molecule has 1 aromatic heterocycles. The molecule has 142 valence electrons. The van der Waals surface area contributed by atoms with Crippen molar-refractivity contribution in [1.82, 2.24) is 9.55 Å². The summed E-state index contributed by atoms with van der Waals surface area (Å²) in [6, 6.07) is 12.7. The van der Waals surface area contributed by atoms with Crippen LogP contribution in [0, 0.1) is 0 Å². The van der Waals surface area contributed by atoms with Crippen LogP contribution in [0.1, 0.15) is 5.82 Å².